The highest BCUT2D eigenvalue weighted by atomic mass is 35.5. The zero-order valence-corrected chi connectivity index (χ0v) is 14.1. The van der Waals surface area contributed by atoms with E-state index < -0.39 is 0 Å². The number of rotatable bonds is 10. The molecule has 0 saturated heterocycles. The van der Waals surface area contributed by atoms with Crippen LogP contribution in [0.25, 0.3) is 0 Å². The Morgan fingerprint density at radius 1 is 1.00 bits per heavy atom. The lowest BCUT2D eigenvalue weighted by molar-refractivity contribution is -0.896. The third kappa shape index (κ3) is 6.83. The van der Waals surface area contributed by atoms with Crippen LogP contribution in [-0.4, -0.2) is 26.2 Å². The van der Waals surface area contributed by atoms with Gasteiger partial charge in [0.2, 0.25) is 0 Å². The van der Waals surface area contributed by atoms with Crippen molar-refractivity contribution in [2.75, 3.05) is 26.2 Å². The molecule has 0 aliphatic carbocycles. The Hall–Kier alpha value is -0.440. The molecule has 0 radical (unpaired) electrons. The molecule has 1 aromatic rings. The molecule has 0 unspecified atom stereocenters. The molecule has 2 nitrogen and oxygen atoms in total. The number of ether oxygens (including phenoxy) is 1. The van der Waals surface area contributed by atoms with Gasteiger partial charge in [-0.2, -0.15) is 0 Å². The second kappa shape index (κ2) is 10.3. The lowest BCUT2D eigenvalue weighted by atomic mass is 10.2. The van der Waals surface area contributed by atoms with Gasteiger partial charge in [-0.1, -0.05) is 23.2 Å². The zero-order chi connectivity index (χ0) is 14.8. The minimum Gasteiger partial charge on any atom is -0.492 e. The summed E-state index contributed by atoms with van der Waals surface area (Å²) >= 11 is 11.9. The van der Waals surface area contributed by atoms with E-state index in [1.165, 1.54) is 38.9 Å². The molecule has 1 aromatic carbocycles. The second-order valence-corrected chi connectivity index (χ2v) is 5.89. The minimum atomic E-state index is 0.586. The Kier molecular flexibility index (Phi) is 9.08. The fourth-order valence-electron chi connectivity index (χ4n) is 2.21. The molecule has 0 aliphatic rings. The summed E-state index contributed by atoms with van der Waals surface area (Å²) in [5, 5.41) is 1.23. The van der Waals surface area contributed by atoms with Crippen molar-refractivity contribution in [2.24, 2.45) is 0 Å². The molecule has 20 heavy (non-hydrogen) atoms. The van der Waals surface area contributed by atoms with Crippen molar-refractivity contribution in [3.8, 4) is 5.75 Å². The third-order valence-corrected chi connectivity index (χ3v) is 4.11. The van der Waals surface area contributed by atoms with Crippen molar-refractivity contribution in [2.45, 2.75) is 39.5 Å². The van der Waals surface area contributed by atoms with Crippen LogP contribution in [0, 0.1) is 0 Å². The average molecular weight is 319 g/mol. The normalized spacial score (nSPS) is 11.1. The van der Waals surface area contributed by atoms with E-state index in [0.29, 0.717) is 10.0 Å². The Morgan fingerprint density at radius 3 is 2.35 bits per heavy atom. The molecule has 4 heteroatoms. The first kappa shape index (κ1) is 17.6. The average Bonchev–Trinajstić information content (AvgIpc) is 2.44. The van der Waals surface area contributed by atoms with E-state index in [0.717, 1.165) is 18.8 Å². The lowest BCUT2D eigenvalue weighted by Gasteiger charge is -2.14. The van der Waals surface area contributed by atoms with Crippen molar-refractivity contribution in [1.82, 2.24) is 0 Å². The van der Waals surface area contributed by atoms with E-state index >= 15 is 0 Å². The van der Waals surface area contributed by atoms with Crippen LogP contribution in [0.2, 0.25) is 10.0 Å². The van der Waals surface area contributed by atoms with Crippen molar-refractivity contribution in [3.63, 3.8) is 0 Å². The molecule has 0 saturated carbocycles. The SMILES string of the molecule is CC[NH+](CC)CCCCCCOc1ccc(Cl)cc1Cl. The van der Waals surface area contributed by atoms with Gasteiger partial charge < -0.3 is 9.64 Å². The number of halogens is 2. The molecule has 1 rings (SSSR count). The topological polar surface area (TPSA) is 13.7 Å². The summed E-state index contributed by atoms with van der Waals surface area (Å²) in [6, 6.07) is 5.34. The van der Waals surface area contributed by atoms with Gasteiger partial charge in [0.05, 0.1) is 31.3 Å². The fraction of sp³-hybridized carbons (Fsp3) is 0.625. The predicted octanol–water partition coefficient (Wildman–Crippen LogP) is 3.86. The highest BCUT2D eigenvalue weighted by molar-refractivity contribution is 6.35. The van der Waals surface area contributed by atoms with Gasteiger partial charge in [0.1, 0.15) is 5.75 Å². The quantitative estimate of drug-likeness (QED) is 0.647. The number of hydrogen-bond acceptors (Lipinski definition) is 1. The first-order valence-corrected chi connectivity index (χ1v) is 8.34. The Morgan fingerprint density at radius 2 is 1.70 bits per heavy atom. The maximum absolute atomic E-state index is 6.05. The highest BCUT2D eigenvalue weighted by Crippen LogP contribution is 2.27. The van der Waals surface area contributed by atoms with Crippen LogP contribution in [-0.2, 0) is 0 Å². The summed E-state index contributed by atoms with van der Waals surface area (Å²) in [6.07, 6.45) is 4.87. The van der Waals surface area contributed by atoms with E-state index in [9.17, 15) is 0 Å². The molecule has 0 bridgehead atoms. The van der Waals surface area contributed by atoms with E-state index in [1.807, 2.05) is 6.07 Å². The molecular weight excluding hydrogens is 293 g/mol. The van der Waals surface area contributed by atoms with E-state index in [2.05, 4.69) is 13.8 Å². The standard InChI is InChI=1S/C16H25Cl2NO/c1-3-19(4-2)11-7-5-6-8-12-20-16-10-9-14(17)13-15(16)18/h9-10,13H,3-8,11-12H2,1-2H3/p+1. The van der Waals surface area contributed by atoms with Gasteiger partial charge in [-0.05, 0) is 57.7 Å². The second-order valence-electron chi connectivity index (χ2n) is 5.04. The number of benzene rings is 1. The summed E-state index contributed by atoms with van der Waals surface area (Å²) in [6.45, 7) is 8.98. The molecule has 114 valence electrons. The van der Waals surface area contributed by atoms with Crippen LogP contribution in [0.3, 0.4) is 0 Å². The fourth-order valence-corrected chi connectivity index (χ4v) is 2.67. The molecule has 0 amide bonds. The Labute approximate surface area is 133 Å². The number of hydrogen-bond donors (Lipinski definition) is 1. The van der Waals surface area contributed by atoms with Gasteiger partial charge in [0.25, 0.3) is 0 Å². The van der Waals surface area contributed by atoms with Crippen molar-refractivity contribution >= 4 is 23.2 Å². The number of nitrogens with one attached hydrogen (secondary N) is 1. The van der Waals surface area contributed by atoms with Crippen LogP contribution in [0.5, 0.6) is 5.75 Å². The van der Waals surface area contributed by atoms with Gasteiger partial charge in [0.15, 0.2) is 0 Å². The number of quaternary nitrogens is 1. The lowest BCUT2D eigenvalue weighted by Crippen LogP contribution is -3.11. The van der Waals surface area contributed by atoms with Gasteiger partial charge in [-0.15, -0.1) is 0 Å². The Bertz CT molecular complexity index is 381. The van der Waals surface area contributed by atoms with Gasteiger partial charge in [-0.3, -0.25) is 0 Å². The summed E-state index contributed by atoms with van der Waals surface area (Å²) in [5.41, 5.74) is 0. The van der Waals surface area contributed by atoms with Gasteiger partial charge in [-0.25, -0.2) is 0 Å². The summed E-state index contributed by atoms with van der Waals surface area (Å²) < 4.78 is 5.67. The first-order valence-electron chi connectivity index (χ1n) is 7.58. The largest absolute Gasteiger partial charge is 0.492 e. The van der Waals surface area contributed by atoms with Crippen molar-refractivity contribution in [1.29, 1.82) is 0 Å². The Balaban J connectivity index is 2.07. The van der Waals surface area contributed by atoms with E-state index in [4.69, 9.17) is 27.9 Å². The van der Waals surface area contributed by atoms with E-state index in [1.54, 1.807) is 17.0 Å². The summed E-state index contributed by atoms with van der Waals surface area (Å²) in [5.74, 6) is 0.726. The maximum atomic E-state index is 6.05. The van der Waals surface area contributed by atoms with Crippen molar-refractivity contribution < 1.29 is 9.64 Å². The first-order chi connectivity index (χ1) is 9.67. The molecule has 0 heterocycles. The van der Waals surface area contributed by atoms with Crippen LogP contribution >= 0.6 is 23.2 Å². The van der Waals surface area contributed by atoms with Gasteiger partial charge >= 0.3 is 0 Å². The predicted molar refractivity (Wildman–Crippen MR) is 87.3 cm³/mol. The van der Waals surface area contributed by atoms with Crippen LogP contribution in [0.4, 0.5) is 0 Å². The molecule has 0 spiro atoms. The highest BCUT2D eigenvalue weighted by Gasteiger charge is 2.03. The monoisotopic (exact) mass is 318 g/mol. The molecule has 0 aromatic heterocycles. The summed E-state index contributed by atoms with van der Waals surface area (Å²) in [4.78, 5) is 1.69. The zero-order valence-electron chi connectivity index (χ0n) is 12.6. The molecule has 0 aliphatic heterocycles. The molecule has 0 fully saturated rings. The molecule has 0 atom stereocenters. The summed E-state index contributed by atoms with van der Waals surface area (Å²) in [7, 11) is 0. The maximum Gasteiger partial charge on any atom is 0.137 e. The van der Waals surface area contributed by atoms with Crippen molar-refractivity contribution in [3.05, 3.63) is 28.2 Å². The van der Waals surface area contributed by atoms with Crippen LogP contribution < -0.4 is 9.64 Å². The molecular formula is C16H26Cl2NO+. The smallest absolute Gasteiger partial charge is 0.137 e. The third-order valence-electron chi connectivity index (χ3n) is 3.58. The van der Waals surface area contributed by atoms with Crippen LogP contribution in [0.15, 0.2) is 18.2 Å². The number of unbranched alkanes of at least 4 members (excludes halogenated alkanes) is 3. The van der Waals surface area contributed by atoms with E-state index in [-0.39, 0.29) is 0 Å². The minimum absolute atomic E-state index is 0.586. The van der Waals surface area contributed by atoms with Gasteiger partial charge in [0, 0.05) is 5.02 Å². The molecule has 1 N–H and O–H groups in total. The van der Waals surface area contributed by atoms with Crippen LogP contribution in [0.1, 0.15) is 39.5 Å².